The monoisotopic (exact) mass is 574 g/mol. The number of anilines is 1. The lowest BCUT2D eigenvalue weighted by Gasteiger charge is -2.13. The molecule has 1 saturated carbocycles. The van der Waals surface area contributed by atoms with E-state index in [9.17, 15) is 14.4 Å². The Kier molecular flexibility index (Phi) is 8.87. The lowest BCUT2D eigenvalue weighted by Crippen LogP contribution is -2.36. The number of hydrogen-bond donors (Lipinski definition) is 2. The summed E-state index contributed by atoms with van der Waals surface area (Å²) in [5.74, 6) is 1.25. The van der Waals surface area contributed by atoms with Crippen LogP contribution in [0.15, 0.2) is 57.9 Å². The molecule has 2 N–H and O–H groups in total. The van der Waals surface area contributed by atoms with Crippen LogP contribution in [-0.4, -0.2) is 61.8 Å². The third-order valence-corrected chi connectivity index (χ3v) is 6.91. The number of likely N-dealkylation sites (N-methyl/N-ethyl adjacent to an activating group) is 1. The summed E-state index contributed by atoms with van der Waals surface area (Å²) in [7, 11) is 3.92. The number of carbonyl (C=O) groups excluding carboxylic acids is 2. The van der Waals surface area contributed by atoms with Gasteiger partial charge in [0.05, 0.1) is 17.0 Å². The maximum Gasteiger partial charge on any atom is 0.413 e. The van der Waals surface area contributed by atoms with Crippen LogP contribution in [0.1, 0.15) is 31.2 Å². The Morgan fingerprint density at radius 3 is 2.57 bits per heavy atom. The molecular weight excluding hydrogens is 540 g/mol. The maximum absolute atomic E-state index is 13.3. The van der Waals surface area contributed by atoms with Crippen molar-refractivity contribution in [3.05, 3.63) is 64.4 Å². The first-order valence-corrected chi connectivity index (χ1v) is 13.9. The van der Waals surface area contributed by atoms with Crippen molar-refractivity contribution in [1.82, 2.24) is 15.2 Å². The van der Waals surface area contributed by atoms with E-state index < -0.39 is 6.09 Å². The summed E-state index contributed by atoms with van der Waals surface area (Å²) >= 11 is 0. The van der Waals surface area contributed by atoms with Crippen LogP contribution < -0.4 is 25.5 Å². The molecule has 2 aromatic heterocycles. The van der Waals surface area contributed by atoms with Crippen LogP contribution in [0.25, 0.3) is 21.9 Å². The summed E-state index contributed by atoms with van der Waals surface area (Å²) in [5, 5.41) is 6.23. The van der Waals surface area contributed by atoms with Gasteiger partial charge in [-0.2, -0.15) is 0 Å². The predicted octanol–water partition coefficient (Wildman–Crippen LogP) is 4.99. The third-order valence-electron chi connectivity index (χ3n) is 6.91. The topological polar surface area (TPSA) is 132 Å². The zero-order valence-electron chi connectivity index (χ0n) is 23.9. The van der Waals surface area contributed by atoms with Crippen LogP contribution in [0.5, 0.6) is 17.2 Å². The summed E-state index contributed by atoms with van der Waals surface area (Å²) < 4.78 is 23.0. The first-order valence-electron chi connectivity index (χ1n) is 13.9. The lowest BCUT2D eigenvalue weighted by molar-refractivity contribution is -0.124. The molecule has 0 atom stereocenters. The number of amides is 2. The van der Waals surface area contributed by atoms with E-state index in [0.717, 1.165) is 31.2 Å². The second-order valence-electron chi connectivity index (χ2n) is 10.6. The molecule has 5 rings (SSSR count). The number of aryl methyl sites for hydroxylation is 1. The van der Waals surface area contributed by atoms with E-state index in [2.05, 4.69) is 15.6 Å². The van der Waals surface area contributed by atoms with Gasteiger partial charge < -0.3 is 28.8 Å². The number of ether oxygens (including phenoxy) is 3. The molecule has 1 aliphatic rings. The first kappa shape index (κ1) is 28.9. The highest BCUT2D eigenvalue weighted by atomic mass is 16.6. The molecule has 0 unspecified atom stereocenters. The summed E-state index contributed by atoms with van der Waals surface area (Å²) in [6, 6.07) is 12.0. The molecule has 1 fully saturated rings. The Bertz CT molecular complexity index is 1640. The van der Waals surface area contributed by atoms with Gasteiger partial charge in [0.25, 0.3) is 5.91 Å². The smallest absolute Gasteiger partial charge is 0.413 e. The highest BCUT2D eigenvalue weighted by Gasteiger charge is 2.18. The summed E-state index contributed by atoms with van der Waals surface area (Å²) in [6.45, 7) is 2.71. The molecular formula is C31H34N4O7. The van der Waals surface area contributed by atoms with Crippen molar-refractivity contribution in [3.63, 3.8) is 0 Å². The molecule has 220 valence electrons. The van der Waals surface area contributed by atoms with E-state index in [-0.39, 0.29) is 29.8 Å². The van der Waals surface area contributed by atoms with E-state index in [1.165, 1.54) is 6.20 Å². The fourth-order valence-corrected chi connectivity index (χ4v) is 4.81. The van der Waals surface area contributed by atoms with Crippen LogP contribution in [-0.2, 0) is 9.53 Å². The largest absolute Gasteiger partial charge is 0.488 e. The molecule has 0 bridgehead atoms. The summed E-state index contributed by atoms with van der Waals surface area (Å²) in [6.07, 6.45) is 4.75. The molecule has 11 heteroatoms. The van der Waals surface area contributed by atoms with E-state index in [1.54, 1.807) is 36.4 Å². The summed E-state index contributed by atoms with van der Waals surface area (Å²) in [4.78, 5) is 43.5. The maximum atomic E-state index is 13.3. The van der Waals surface area contributed by atoms with E-state index in [1.807, 2.05) is 32.0 Å². The van der Waals surface area contributed by atoms with Crippen molar-refractivity contribution >= 4 is 39.8 Å². The van der Waals surface area contributed by atoms with Gasteiger partial charge in [-0.25, -0.2) is 9.78 Å². The Morgan fingerprint density at radius 2 is 1.83 bits per heavy atom. The standard InChI is InChI=1S/C31H34N4O7/c1-19-14-24-29(37)23-10-8-21(16-25(23)42-30(24)26(15-19)39-13-12-35(2)3)41-22-9-11-27(32-17-22)34-31(38)40-18-28(36)33-20-6-4-5-7-20/h8-11,14-17,20H,4-7,12-13,18H2,1-3H3,(H,33,36)(H,32,34,38). The molecule has 2 aromatic carbocycles. The van der Waals surface area contributed by atoms with Gasteiger partial charge in [-0.3, -0.25) is 14.9 Å². The van der Waals surface area contributed by atoms with Gasteiger partial charge in [-0.05, 0) is 75.8 Å². The second-order valence-corrected chi connectivity index (χ2v) is 10.6. The number of carbonyl (C=O) groups is 2. The third kappa shape index (κ3) is 7.16. The van der Waals surface area contributed by atoms with Crippen molar-refractivity contribution in [2.45, 2.75) is 38.6 Å². The SMILES string of the molecule is Cc1cc(OCCN(C)C)c2oc3cc(Oc4ccc(NC(=O)OCC(=O)NC5CCCC5)nc4)ccc3c(=O)c2c1. The van der Waals surface area contributed by atoms with Gasteiger partial charge >= 0.3 is 6.09 Å². The summed E-state index contributed by atoms with van der Waals surface area (Å²) in [5.41, 5.74) is 1.49. The number of nitrogens with zero attached hydrogens (tertiary/aromatic N) is 2. The molecule has 0 radical (unpaired) electrons. The van der Waals surface area contributed by atoms with Crippen molar-refractivity contribution in [3.8, 4) is 17.2 Å². The minimum atomic E-state index is -0.783. The average molecular weight is 575 g/mol. The highest BCUT2D eigenvalue weighted by Crippen LogP contribution is 2.31. The van der Waals surface area contributed by atoms with E-state index in [0.29, 0.717) is 52.3 Å². The van der Waals surface area contributed by atoms with Crippen LogP contribution in [0.2, 0.25) is 0 Å². The van der Waals surface area contributed by atoms with Gasteiger partial charge in [0.15, 0.2) is 17.9 Å². The van der Waals surface area contributed by atoms with Crippen molar-refractivity contribution in [2.24, 2.45) is 0 Å². The Labute approximate surface area is 242 Å². The van der Waals surface area contributed by atoms with Crippen LogP contribution >= 0.6 is 0 Å². The normalized spacial score (nSPS) is 13.4. The molecule has 1 aliphatic carbocycles. The molecule has 0 aliphatic heterocycles. The molecule has 4 aromatic rings. The number of hydrogen-bond acceptors (Lipinski definition) is 9. The Morgan fingerprint density at radius 1 is 1.05 bits per heavy atom. The number of aromatic nitrogens is 1. The number of nitrogens with one attached hydrogen (secondary N) is 2. The lowest BCUT2D eigenvalue weighted by atomic mass is 10.1. The molecule has 2 amide bonds. The van der Waals surface area contributed by atoms with Crippen LogP contribution in [0.4, 0.5) is 10.6 Å². The van der Waals surface area contributed by atoms with Crippen LogP contribution in [0.3, 0.4) is 0 Å². The number of rotatable bonds is 10. The molecule has 42 heavy (non-hydrogen) atoms. The van der Waals surface area contributed by atoms with Gasteiger partial charge in [0, 0.05) is 18.7 Å². The number of benzene rings is 2. The molecule has 0 saturated heterocycles. The number of pyridine rings is 1. The Balaban J connectivity index is 1.24. The van der Waals surface area contributed by atoms with Crippen molar-refractivity contribution in [2.75, 3.05) is 39.2 Å². The zero-order chi connectivity index (χ0) is 29.6. The average Bonchev–Trinajstić information content (AvgIpc) is 3.46. The van der Waals surface area contributed by atoms with Crippen molar-refractivity contribution in [1.29, 1.82) is 0 Å². The minimum absolute atomic E-state index is 0.154. The van der Waals surface area contributed by atoms with Gasteiger partial charge in [0.1, 0.15) is 29.5 Å². The predicted molar refractivity (Wildman–Crippen MR) is 158 cm³/mol. The zero-order valence-corrected chi connectivity index (χ0v) is 23.9. The van der Waals surface area contributed by atoms with Crippen molar-refractivity contribution < 1.29 is 28.2 Å². The minimum Gasteiger partial charge on any atom is -0.488 e. The highest BCUT2D eigenvalue weighted by molar-refractivity contribution is 5.93. The molecule has 2 heterocycles. The van der Waals surface area contributed by atoms with Crippen LogP contribution in [0, 0.1) is 6.92 Å². The van der Waals surface area contributed by atoms with Gasteiger partial charge in [0.2, 0.25) is 5.43 Å². The van der Waals surface area contributed by atoms with Gasteiger partial charge in [-0.1, -0.05) is 12.8 Å². The number of fused-ring (bicyclic) bond motifs is 2. The fraction of sp³-hybridized carbons (Fsp3) is 0.355. The molecule has 0 spiro atoms. The quantitative estimate of drug-likeness (QED) is 0.251. The van der Waals surface area contributed by atoms with E-state index >= 15 is 0 Å². The Hall–Kier alpha value is -4.64. The fourth-order valence-electron chi connectivity index (χ4n) is 4.81. The molecule has 11 nitrogen and oxygen atoms in total. The van der Waals surface area contributed by atoms with Gasteiger partial charge in [-0.15, -0.1) is 0 Å². The first-order chi connectivity index (χ1) is 20.2. The van der Waals surface area contributed by atoms with E-state index in [4.69, 9.17) is 18.6 Å². The second kappa shape index (κ2) is 12.9.